The second kappa shape index (κ2) is 5.16. The number of nitrogens with two attached hydrogens (primary N) is 1. The van der Waals surface area contributed by atoms with Gasteiger partial charge in [-0.2, -0.15) is 0 Å². The summed E-state index contributed by atoms with van der Waals surface area (Å²) in [5, 5.41) is 10.9. The van der Waals surface area contributed by atoms with Gasteiger partial charge in [-0.25, -0.2) is 13.8 Å². The monoisotopic (exact) mass is 313 g/mol. The fourth-order valence-electron chi connectivity index (χ4n) is 3.02. The number of benzene rings is 1. The van der Waals surface area contributed by atoms with Crippen molar-refractivity contribution in [1.29, 1.82) is 0 Å². The van der Waals surface area contributed by atoms with Crippen LogP contribution in [0.2, 0.25) is 0 Å². The van der Waals surface area contributed by atoms with Crippen molar-refractivity contribution >= 4 is 11.7 Å². The van der Waals surface area contributed by atoms with Crippen LogP contribution in [0.15, 0.2) is 23.2 Å². The summed E-state index contributed by atoms with van der Waals surface area (Å²) >= 11 is 0. The molecule has 118 valence electrons. The van der Waals surface area contributed by atoms with E-state index in [1.807, 2.05) is 0 Å². The molecule has 0 aromatic heterocycles. The van der Waals surface area contributed by atoms with Crippen LogP contribution < -0.4 is 5.73 Å². The number of amidine groups is 1. The van der Waals surface area contributed by atoms with Crippen molar-refractivity contribution in [2.45, 2.75) is 24.2 Å². The average molecular weight is 313 g/mol. The van der Waals surface area contributed by atoms with Crippen LogP contribution in [0.1, 0.15) is 12.0 Å². The van der Waals surface area contributed by atoms with Gasteiger partial charge in [0.15, 0.2) is 6.10 Å². The van der Waals surface area contributed by atoms with Gasteiger partial charge < -0.3 is 15.2 Å². The smallest absolute Gasteiger partial charge is 0.283 e. The highest BCUT2D eigenvalue weighted by Crippen LogP contribution is 2.46. The van der Waals surface area contributed by atoms with E-state index in [1.54, 1.807) is 0 Å². The van der Waals surface area contributed by atoms with Crippen molar-refractivity contribution in [2.24, 2.45) is 10.7 Å². The van der Waals surface area contributed by atoms with E-state index in [9.17, 15) is 18.9 Å². The fraction of sp³-hybridized carbons (Fsp3) is 0.462. The van der Waals surface area contributed by atoms with Gasteiger partial charge in [0, 0.05) is 24.1 Å². The molecule has 2 N–H and O–H groups in total. The van der Waals surface area contributed by atoms with Gasteiger partial charge in [-0.3, -0.25) is 10.1 Å². The molecule has 2 aliphatic heterocycles. The van der Waals surface area contributed by atoms with Gasteiger partial charge in [-0.1, -0.05) is 0 Å². The summed E-state index contributed by atoms with van der Waals surface area (Å²) in [6.07, 6.45) is -1.68. The minimum atomic E-state index is -1.31. The zero-order chi connectivity index (χ0) is 15.9. The lowest BCUT2D eigenvalue weighted by molar-refractivity contribution is -0.385. The summed E-state index contributed by atoms with van der Waals surface area (Å²) in [6.45, 7) is -0.692. The summed E-state index contributed by atoms with van der Waals surface area (Å²) in [4.78, 5) is 14.4. The van der Waals surface area contributed by atoms with Crippen LogP contribution in [0.4, 0.5) is 14.5 Å². The fourth-order valence-corrected chi connectivity index (χ4v) is 3.02. The second-order valence-electron chi connectivity index (χ2n) is 5.15. The van der Waals surface area contributed by atoms with Gasteiger partial charge in [-0.05, 0) is 6.07 Å². The van der Waals surface area contributed by atoms with Crippen LogP contribution in [0.5, 0.6) is 0 Å². The topological polar surface area (TPSA) is 100.0 Å². The Hall–Kier alpha value is -2.29. The van der Waals surface area contributed by atoms with Gasteiger partial charge in [0.05, 0.1) is 11.5 Å². The Morgan fingerprint density at radius 3 is 3.00 bits per heavy atom. The number of hydrogen-bond donors (Lipinski definition) is 1. The van der Waals surface area contributed by atoms with E-state index >= 15 is 0 Å². The molecule has 1 aromatic carbocycles. The largest absolute Gasteiger partial charge is 0.456 e. The molecule has 9 heteroatoms. The van der Waals surface area contributed by atoms with Crippen molar-refractivity contribution in [3.63, 3.8) is 0 Å². The van der Waals surface area contributed by atoms with Gasteiger partial charge >= 0.3 is 0 Å². The molecule has 2 aliphatic rings. The van der Waals surface area contributed by atoms with Crippen LogP contribution >= 0.6 is 0 Å². The Labute approximate surface area is 123 Å². The zero-order valence-corrected chi connectivity index (χ0v) is 11.4. The summed E-state index contributed by atoms with van der Waals surface area (Å²) in [5.41, 5.74) is 3.95. The molecule has 22 heavy (non-hydrogen) atoms. The number of nitro groups is 1. The highest BCUT2D eigenvalue weighted by molar-refractivity contribution is 5.73. The molecular formula is C13H13F2N3O4. The number of ether oxygens (including phenoxy) is 2. The Morgan fingerprint density at radius 1 is 1.55 bits per heavy atom. The number of hydrogen-bond acceptors (Lipinski definition) is 6. The molecule has 0 radical (unpaired) electrons. The molecule has 0 aliphatic carbocycles. The zero-order valence-electron chi connectivity index (χ0n) is 11.4. The Balaban J connectivity index is 2.17. The molecular weight excluding hydrogens is 300 g/mol. The Kier molecular flexibility index (Phi) is 3.44. The molecule has 0 bridgehead atoms. The number of halogens is 2. The number of aliphatic imine (C=N–C) groups is 1. The second-order valence-corrected chi connectivity index (χ2v) is 5.15. The lowest BCUT2D eigenvalue weighted by Gasteiger charge is -2.38. The number of non-ortho nitro benzene ring substituents is 1. The molecule has 7 nitrogen and oxygen atoms in total. The number of rotatable bonds is 3. The highest BCUT2D eigenvalue weighted by atomic mass is 19.1. The van der Waals surface area contributed by atoms with E-state index in [0.717, 1.165) is 18.2 Å². The SMILES string of the molecule is NC1=N[C@@]2(c3cc([N+](=O)[O-])ccc3F)CCO[C@H]2[C@@H](CF)O1. The Bertz CT molecular complexity index is 654. The van der Waals surface area contributed by atoms with Crippen molar-refractivity contribution in [1.82, 2.24) is 0 Å². The highest BCUT2D eigenvalue weighted by Gasteiger charge is 2.55. The molecule has 0 unspecified atom stereocenters. The van der Waals surface area contributed by atoms with Crippen molar-refractivity contribution < 1.29 is 23.2 Å². The third kappa shape index (κ3) is 2.08. The Morgan fingerprint density at radius 2 is 2.32 bits per heavy atom. The summed E-state index contributed by atoms with van der Waals surface area (Å²) in [5.74, 6) is -0.683. The number of alkyl halides is 1. The first-order valence-corrected chi connectivity index (χ1v) is 6.62. The van der Waals surface area contributed by atoms with Crippen LogP contribution in [-0.2, 0) is 15.0 Å². The van der Waals surface area contributed by atoms with Crippen molar-refractivity contribution in [2.75, 3.05) is 13.3 Å². The normalized spacial score (nSPS) is 30.4. The molecule has 1 aromatic rings. The van der Waals surface area contributed by atoms with E-state index < -0.39 is 35.2 Å². The maximum Gasteiger partial charge on any atom is 0.283 e. The van der Waals surface area contributed by atoms with E-state index in [0.29, 0.717) is 0 Å². The summed E-state index contributed by atoms with van der Waals surface area (Å²) in [7, 11) is 0. The van der Waals surface area contributed by atoms with Crippen LogP contribution in [0.3, 0.4) is 0 Å². The standard InChI is InChI=1S/C13H13F2N3O4/c14-6-10-11-13(3-4-21-11,17-12(16)22-10)8-5-7(18(19)20)1-2-9(8)15/h1-2,5,10-11H,3-4,6H2,(H2,16,17)/t10-,11+,13-/m1/s1. The predicted molar refractivity (Wildman–Crippen MR) is 71.6 cm³/mol. The number of nitrogens with zero attached hydrogens (tertiary/aromatic N) is 2. The average Bonchev–Trinajstić information content (AvgIpc) is 2.90. The first-order valence-electron chi connectivity index (χ1n) is 6.62. The van der Waals surface area contributed by atoms with Crippen LogP contribution in [-0.4, -0.2) is 36.4 Å². The molecule has 1 saturated heterocycles. The third-order valence-corrected chi connectivity index (χ3v) is 3.95. The molecule has 0 saturated carbocycles. The van der Waals surface area contributed by atoms with E-state index in [2.05, 4.69) is 4.99 Å². The molecule has 3 rings (SSSR count). The molecule has 0 spiro atoms. The molecule has 3 atom stereocenters. The summed E-state index contributed by atoms with van der Waals surface area (Å²) < 4.78 is 38.0. The lowest BCUT2D eigenvalue weighted by Crippen LogP contribution is -2.51. The molecule has 0 amide bonds. The maximum atomic E-state index is 14.3. The minimum absolute atomic E-state index is 0.0334. The quantitative estimate of drug-likeness (QED) is 0.671. The summed E-state index contributed by atoms with van der Waals surface area (Å²) in [6, 6.07) is 2.85. The number of fused-ring (bicyclic) bond motifs is 1. The van der Waals surface area contributed by atoms with E-state index in [-0.39, 0.29) is 30.3 Å². The first kappa shape index (κ1) is 14.6. The maximum absolute atomic E-state index is 14.3. The van der Waals surface area contributed by atoms with Gasteiger partial charge in [0.25, 0.3) is 11.7 Å². The minimum Gasteiger partial charge on any atom is -0.456 e. The van der Waals surface area contributed by atoms with Gasteiger partial charge in [-0.15, -0.1) is 0 Å². The van der Waals surface area contributed by atoms with Crippen molar-refractivity contribution in [3.8, 4) is 0 Å². The molecule has 1 fully saturated rings. The van der Waals surface area contributed by atoms with Gasteiger partial charge in [0.1, 0.15) is 24.1 Å². The van der Waals surface area contributed by atoms with Crippen LogP contribution in [0, 0.1) is 15.9 Å². The van der Waals surface area contributed by atoms with Gasteiger partial charge in [0.2, 0.25) is 0 Å². The molecule has 2 heterocycles. The third-order valence-electron chi connectivity index (χ3n) is 3.95. The van der Waals surface area contributed by atoms with Crippen molar-refractivity contribution in [3.05, 3.63) is 39.7 Å². The number of nitro benzene ring substituents is 1. The predicted octanol–water partition coefficient (Wildman–Crippen LogP) is 1.40. The first-order chi connectivity index (χ1) is 10.5. The lowest BCUT2D eigenvalue weighted by atomic mass is 9.80. The van der Waals surface area contributed by atoms with E-state index in [1.165, 1.54) is 0 Å². The van der Waals surface area contributed by atoms with E-state index in [4.69, 9.17) is 15.2 Å². The van der Waals surface area contributed by atoms with Crippen LogP contribution in [0.25, 0.3) is 0 Å².